The molecule has 3 rings (SSSR count). The monoisotopic (exact) mass is 299 g/mol. The van der Waals surface area contributed by atoms with Crippen molar-refractivity contribution in [2.75, 3.05) is 6.61 Å². The Bertz CT molecular complexity index is 567. The normalized spacial score (nSPS) is 21.9. The number of aliphatic hydroxyl groups excluding tert-OH is 1. The fourth-order valence-corrected chi connectivity index (χ4v) is 3.30. The van der Waals surface area contributed by atoms with Crippen LogP contribution >= 0.6 is 0 Å². The molecule has 2 unspecified atom stereocenters. The maximum absolute atomic E-state index is 9.47. The third-order valence-corrected chi connectivity index (χ3v) is 4.59. The second kappa shape index (κ2) is 7.56. The lowest BCUT2D eigenvalue weighted by Crippen LogP contribution is -2.39. The van der Waals surface area contributed by atoms with E-state index in [2.05, 4.69) is 40.9 Å². The first-order chi connectivity index (χ1) is 10.8. The molecule has 1 heterocycles. The number of aliphatic hydroxyl groups is 1. The standard InChI is InChI=1S/C18H25N3O/c22-14-17-8-4-5-9-18(17)19-10-16-11-20-21(13-16)12-15-6-2-1-3-7-15/h1-3,6-7,11,13,17-19,22H,4-5,8-10,12,14H2. The maximum Gasteiger partial charge on any atom is 0.0659 e. The molecule has 2 aromatic rings. The SMILES string of the molecule is OCC1CCCCC1NCc1cnn(Cc2ccccc2)c1. The summed E-state index contributed by atoms with van der Waals surface area (Å²) in [4.78, 5) is 0. The van der Waals surface area contributed by atoms with Gasteiger partial charge in [0.25, 0.3) is 0 Å². The van der Waals surface area contributed by atoms with Crippen LogP contribution in [0.2, 0.25) is 0 Å². The number of rotatable bonds is 6. The van der Waals surface area contributed by atoms with Crippen LogP contribution < -0.4 is 5.32 Å². The van der Waals surface area contributed by atoms with E-state index in [0.717, 1.165) is 19.5 Å². The molecule has 22 heavy (non-hydrogen) atoms. The Balaban J connectivity index is 1.53. The van der Waals surface area contributed by atoms with Gasteiger partial charge in [-0.2, -0.15) is 5.10 Å². The predicted octanol–water partition coefficient (Wildman–Crippen LogP) is 2.57. The van der Waals surface area contributed by atoms with Crippen molar-refractivity contribution >= 4 is 0 Å². The van der Waals surface area contributed by atoms with Gasteiger partial charge in [0.1, 0.15) is 0 Å². The van der Waals surface area contributed by atoms with E-state index in [9.17, 15) is 5.11 Å². The summed E-state index contributed by atoms with van der Waals surface area (Å²) in [5, 5.41) is 17.5. The topological polar surface area (TPSA) is 50.1 Å². The molecule has 2 atom stereocenters. The van der Waals surface area contributed by atoms with Crippen molar-refractivity contribution in [3.63, 3.8) is 0 Å². The van der Waals surface area contributed by atoms with Crippen molar-refractivity contribution in [2.24, 2.45) is 5.92 Å². The molecule has 0 saturated heterocycles. The van der Waals surface area contributed by atoms with Crippen molar-refractivity contribution in [3.05, 3.63) is 53.9 Å². The van der Waals surface area contributed by atoms with Gasteiger partial charge in [-0.15, -0.1) is 0 Å². The second-order valence-corrected chi connectivity index (χ2v) is 6.25. The fourth-order valence-electron chi connectivity index (χ4n) is 3.30. The molecule has 4 nitrogen and oxygen atoms in total. The molecule has 1 saturated carbocycles. The van der Waals surface area contributed by atoms with E-state index in [1.807, 2.05) is 16.9 Å². The quantitative estimate of drug-likeness (QED) is 0.862. The molecule has 0 bridgehead atoms. The zero-order valence-corrected chi connectivity index (χ0v) is 13.0. The average Bonchev–Trinajstić information content (AvgIpc) is 3.01. The van der Waals surface area contributed by atoms with Crippen molar-refractivity contribution in [1.82, 2.24) is 15.1 Å². The summed E-state index contributed by atoms with van der Waals surface area (Å²) in [6.45, 7) is 1.93. The molecule has 1 aliphatic rings. The third-order valence-electron chi connectivity index (χ3n) is 4.59. The van der Waals surface area contributed by atoms with Gasteiger partial charge in [0.05, 0.1) is 12.7 Å². The molecule has 0 aliphatic heterocycles. The number of hydrogen-bond acceptors (Lipinski definition) is 3. The van der Waals surface area contributed by atoms with Crippen LogP contribution in [0, 0.1) is 5.92 Å². The highest BCUT2D eigenvalue weighted by molar-refractivity contribution is 5.15. The summed E-state index contributed by atoms with van der Waals surface area (Å²) in [6, 6.07) is 10.8. The van der Waals surface area contributed by atoms with Gasteiger partial charge in [0.15, 0.2) is 0 Å². The van der Waals surface area contributed by atoms with E-state index in [-0.39, 0.29) is 0 Å². The minimum atomic E-state index is 0.297. The maximum atomic E-state index is 9.47. The number of nitrogens with zero attached hydrogens (tertiary/aromatic N) is 2. The fraction of sp³-hybridized carbons (Fsp3) is 0.500. The number of nitrogens with one attached hydrogen (secondary N) is 1. The zero-order chi connectivity index (χ0) is 15.2. The molecule has 1 aliphatic carbocycles. The van der Waals surface area contributed by atoms with E-state index in [0.29, 0.717) is 18.6 Å². The van der Waals surface area contributed by atoms with Crippen molar-refractivity contribution in [1.29, 1.82) is 0 Å². The van der Waals surface area contributed by atoms with E-state index in [4.69, 9.17) is 0 Å². The molecule has 1 fully saturated rings. The smallest absolute Gasteiger partial charge is 0.0659 e. The molecular formula is C18H25N3O. The summed E-state index contributed by atoms with van der Waals surface area (Å²) in [6.07, 6.45) is 8.87. The van der Waals surface area contributed by atoms with Gasteiger partial charge in [0.2, 0.25) is 0 Å². The van der Waals surface area contributed by atoms with Gasteiger partial charge in [-0.25, -0.2) is 0 Å². The van der Waals surface area contributed by atoms with E-state index in [1.165, 1.54) is 30.4 Å². The summed E-state index contributed by atoms with van der Waals surface area (Å²) in [7, 11) is 0. The zero-order valence-electron chi connectivity index (χ0n) is 13.0. The first-order valence-electron chi connectivity index (χ1n) is 8.24. The highest BCUT2D eigenvalue weighted by Crippen LogP contribution is 2.24. The lowest BCUT2D eigenvalue weighted by Gasteiger charge is -2.30. The number of benzene rings is 1. The first-order valence-corrected chi connectivity index (χ1v) is 8.24. The highest BCUT2D eigenvalue weighted by atomic mass is 16.3. The Morgan fingerprint density at radius 1 is 1.14 bits per heavy atom. The Hall–Kier alpha value is -1.65. The van der Waals surface area contributed by atoms with Gasteiger partial charge in [-0.3, -0.25) is 4.68 Å². The van der Waals surface area contributed by atoms with Gasteiger partial charge < -0.3 is 10.4 Å². The Morgan fingerprint density at radius 2 is 1.95 bits per heavy atom. The van der Waals surface area contributed by atoms with Crippen LogP contribution in [0.5, 0.6) is 0 Å². The van der Waals surface area contributed by atoms with E-state index < -0.39 is 0 Å². The molecular weight excluding hydrogens is 274 g/mol. The third kappa shape index (κ3) is 3.96. The lowest BCUT2D eigenvalue weighted by molar-refractivity contribution is 0.152. The van der Waals surface area contributed by atoms with Gasteiger partial charge in [-0.05, 0) is 24.3 Å². The molecule has 2 N–H and O–H groups in total. The van der Waals surface area contributed by atoms with Gasteiger partial charge >= 0.3 is 0 Å². The Morgan fingerprint density at radius 3 is 2.77 bits per heavy atom. The molecule has 0 spiro atoms. The molecule has 0 radical (unpaired) electrons. The van der Waals surface area contributed by atoms with Crippen LogP contribution in [0.1, 0.15) is 36.8 Å². The minimum absolute atomic E-state index is 0.297. The molecule has 0 amide bonds. The van der Waals surface area contributed by atoms with E-state index >= 15 is 0 Å². The summed E-state index contributed by atoms with van der Waals surface area (Å²) in [5.74, 6) is 0.410. The summed E-state index contributed by atoms with van der Waals surface area (Å²) < 4.78 is 1.98. The van der Waals surface area contributed by atoms with Crippen LogP contribution in [0.3, 0.4) is 0 Å². The van der Waals surface area contributed by atoms with E-state index in [1.54, 1.807) is 0 Å². The summed E-state index contributed by atoms with van der Waals surface area (Å²) in [5.41, 5.74) is 2.47. The van der Waals surface area contributed by atoms with Crippen molar-refractivity contribution in [2.45, 2.75) is 44.8 Å². The molecule has 1 aromatic carbocycles. The Labute approximate surface area is 132 Å². The van der Waals surface area contributed by atoms with Crippen LogP contribution in [0.15, 0.2) is 42.7 Å². The van der Waals surface area contributed by atoms with Crippen molar-refractivity contribution < 1.29 is 5.11 Å². The van der Waals surface area contributed by atoms with Crippen LogP contribution in [0.4, 0.5) is 0 Å². The predicted molar refractivity (Wildman–Crippen MR) is 87.4 cm³/mol. The second-order valence-electron chi connectivity index (χ2n) is 6.25. The van der Waals surface area contributed by atoms with Crippen LogP contribution in [-0.2, 0) is 13.1 Å². The highest BCUT2D eigenvalue weighted by Gasteiger charge is 2.23. The van der Waals surface area contributed by atoms with Crippen molar-refractivity contribution in [3.8, 4) is 0 Å². The number of hydrogen-bond donors (Lipinski definition) is 2. The Kier molecular flexibility index (Phi) is 5.24. The summed E-state index contributed by atoms with van der Waals surface area (Å²) >= 11 is 0. The lowest BCUT2D eigenvalue weighted by atomic mass is 9.85. The molecule has 1 aromatic heterocycles. The molecule has 4 heteroatoms. The minimum Gasteiger partial charge on any atom is -0.396 e. The van der Waals surface area contributed by atoms with Gasteiger partial charge in [-0.1, -0.05) is 43.2 Å². The van der Waals surface area contributed by atoms with Crippen LogP contribution in [-0.4, -0.2) is 27.5 Å². The van der Waals surface area contributed by atoms with Gasteiger partial charge in [0, 0.05) is 31.0 Å². The largest absolute Gasteiger partial charge is 0.396 e. The molecule has 118 valence electrons. The van der Waals surface area contributed by atoms with Crippen LogP contribution in [0.25, 0.3) is 0 Å². The number of aromatic nitrogens is 2. The first kappa shape index (κ1) is 15.3. The average molecular weight is 299 g/mol.